The highest BCUT2D eigenvalue weighted by molar-refractivity contribution is 7.89. The zero-order chi connectivity index (χ0) is 15.5. The summed E-state index contributed by atoms with van der Waals surface area (Å²) in [6.07, 6.45) is 0. The zero-order valence-electron chi connectivity index (χ0n) is 11.5. The van der Waals surface area contributed by atoms with Gasteiger partial charge in [0.2, 0.25) is 10.0 Å². The maximum Gasteiger partial charge on any atom is 0.241 e. The van der Waals surface area contributed by atoms with E-state index in [1.54, 1.807) is 20.0 Å². The van der Waals surface area contributed by atoms with Crippen molar-refractivity contribution in [2.45, 2.75) is 24.9 Å². The molecule has 1 heterocycles. The summed E-state index contributed by atoms with van der Waals surface area (Å²) in [5, 5.41) is 16.3. The van der Waals surface area contributed by atoms with Crippen LogP contribution >= 0.6 is 11.6 Å². The lowest BCUT2D eigenvalue weighted by molar-refractivity contribution is 0.578. The number of rotatable bonds is 6. The summed E-state index contributed by atoms with van der Waals surface area (Å²) >= 11 is 6.00. The molecule has 0 spiro atoms. The monoisotopic (exact) mass is 330 g/mol. The van der Waals surface area contributed by atoms with Crippen molar-refractivity contribution in [3.8, 4) is 0 Å². The molecule has 2 aromatic rings. The van der Waals surface area contributed by atoms with Gasteiger partial charge >= 0.3 is 0 Å². The van der Waals surface area contributed by atoms with E-state index in [2.05, 4.69) is 30.7 Å². The average molecular weight is 331 g/mol. The fourth-order valence-electron chi connectivity index (χ4n) is 1.86. The number of H-pyrrole nitrogens is 1. The number of sulfonamides is 1. The van der Waals surface area contributed by atoms with Crippen molar-refractivity contribution in [2.24, 2.45) is 0 Å². The summed E-state index contributed by atoms with van der Waals surface area (Å²) in [5.74, 6) is 0.258. The van der Waals surface area contributed by atoms with E-state index in [1.165, 1.54) is 6.07 Å². The van der Waals surface area contributed by atoms with Gasteiger partial charge in [0, 0.05) is 11.6 Å². The summed E-state index contributed by atoms with van der Waals surface area (Å²) in [5.41, 5.74) is 1.47. The summed E-state index contributed by atoms with van der Waals surface area (Å²) in [6.45, 7) is 2.22. The van der Waals surface area contributed by atoms with E-state index < -0.39 is 10.0 Å². The number of hydrogen-bond acceptors (Lipinski definition) is 6. The highest BCUT2D eigenvalue weighted by atomic mass is 35.5. The second-order valence-electron chi connectivity index (χ2n) is 4.37. The predicted octanol–water partition coefficient (Wildman–Crippen LogP) is 0.359. The quantitative estimate of drug-likeness (QED) is 0.705. The Labute approximate surface area is 127 Å². The van der Waals surface area contributed by atoms with E-state index in [9.17, 15) is 8.42 Å². The van der Waals surface area contributed by atoms with Crippen molar-refractivity contribution >= 4 is 21.6 Å². The zero-order valence-corrected chi connectivity index (χ0v) is 13.1. The lowest BCUT2D eigenvalue weighted by atomic mass is 10.1. The standard InChI is InChI=1S/C11H15ClN6O2S/c1-7-8(5-13-2)3-9(12)4-10(7)21(19,20)14-6-11-15-17-18-16-11/h3-4,13-14H,5-6H2,1-2H3,(H,15,16,17,18). The summed E-state index contributed by atoms with van der Waals surface area (Å²) < 4.78 is 27.2. The summed E-state index contributed by atoms with van der Waals surface area (Å²) in [6, 6.07) is 3.17. The van der Waals surface area contributed by atoms with E-state index in [1.807, 2.05) is 0 Å². The topological polar surface area (TPSA) is 113 Å². The first-order valence-corrected chi connectivity index (χ1v) is 7.96. The minimum Gasteiger partial charge on any atom is -0.316 e. The van der Waals surface area contributed by atoms with E-state index in [0.29, 0.717) is 17.1 Å². The molecule has 0 saturated heterocycles. The molecule has 0 atom stereocenters. The molecule has 114 valence electrons. The molecule has 0 aliphatic heterocycles. The Hall–Kier alpha value is -1.55. The molecular formula is C11H15ClN6O2S. The molecule has 10 heteroatoms. The van der Waals surface area contributed by atoms with Crippen LogP contribution in [0.5, 0.6) is 0 Å². The van der Waals surface area contributed by atoms with Gasteiger partial charge in [0.05, 0.1) is 11.4 Å². The maximum absolute atomic E-state index is 12.4. The van der Waals surface area contributed by atoms with Crippen molar-refractivity contribution in [3.05, 3.63) is 34.1 Å². The number of tetrazole rings is 1. The van der Waals surface area contributed by atoms with Crippen LogP contribution in [0.1, 0.15) is 17.0 Å². The van der Waals surface area contributed by atoms with Gasteiger partial charge in [0.1, 0.15) is 0 Å². The lowest BCUT2D eigenvalue weighted by Gasteiger charge is -2.13. The normalized spacial score (nSPS) is 11.8. The Kier molecular flexibility index (Phi) is 4.88. The molecule has 0 unspecified atom stereocenters. The Morgan fingerprint density at radius 2 is 2.10 bits per heavy atom. The lowest BCUT2D eigenvalue weighted by Crippen LogP contribution is -2.25. The predicted molar refractivity (Wildman–Crippen MR) is 77.2 cm³/mol. The molecule has 0 aliphatic rings. The number of nitrogens with one attached hydrogen (secondary N) is 3. The molecule has 0 radical (unpaired) electrons. The molecule has 2 rings (SSSR count). The number of aromatic nitrogens is 4. The van der Waals surface area contributed by atoms with Gasteiger partial charge in [-0.25, -0.2) is 13.1 Å². The minimum absolute atomic E-state index is 0.0495. The van der Waals surface area contributed by atoms with Crippen molar-refractivity contribution in [1.29, 1.82) is 0 Å². The molecule has 0 saturated carbocycles. The van der Waals surface area contributed by atoms with Crippen molar-refractivity contribution in [1.82, 2.24) is 30.7 Å². The summed E-state index contributed by atoms with van der Waals surface area (Å²) in [7, 11) is -1.93. The van der Waals surface area contributed by atoms with Gasteiger partial charge < -0.3 is 5.32 Å². The van der Waals surface area contributed by atoms with Crippen LogP contribution < -0.4 is 10.0 Å². The van der Waals surface area contributed by atoms with Crippen molar-refractivity contribution in [2.75, 3.05) is 7.05 Å². The Bertz CT molecular complexity index is 717. The van der Waals surface area contributed by atoms with Gasteiger partial charge in [-0.3, -0.25) is 0 Å². The molecule has 0 fully saturated rings. The highest BCUT2D eigenvalue weighted by Crippen LogP contribution is 2.24. The highest BCUT2D eigenvalue weighted by Gasteiger charge is 2.20. The van der Waals surface area contributed by atoms with Gasteiger partial charge in [-0.15, -0.1) is 10.2 Å². The third-order valence-corrected chi connectivity index (χ3v) is 4.64. The number of halogens is 1. The average Bonchev–Trinajstić information content (AvgIpc) is 2.94. The second kappa shape index (κ2) is 6.48. The first-order valence-electron chi connectivity index (χ1n) is 6.09. The molecule has 0 amide bonds. The van der Waals surface area contributed by atoms with E-state index in [0.717, 1.165) is 5.56 Å². The van der Waals surface area contributed by atoms with Crippen molar-refractivity contribution < 1.29 is 8.42 Å². The molecule has 21 heavy (non-hydrogen) atoms. The first kappa shape index (κ1) is 15.8. The maximum atomic E-state index is 12.4. The van der Waals surface area contributed by atoms with E-state index in [-0.39, 0.29) is 17.3 Å². The minimum atomic E-state index is -3.71. The van der Waals surface area contributed by atoms with Crippen LogP contribution in [0.3, 0.4) is 0 Å². The summed E-state index contributed by atoms with van der Waals surface area (Å²) in [4.78, 5) is 0.142. The van der Waals surface area contributed by atoms with Crippen LogP contribution in [0.15, 0.2) is 17.0 Å². The SMILES string of the molecule is CNCc1cc(Cl)cc(S(=O)(=O)NCc2nn[nH]n2)c1C. The van der Waals surface area contributed by atoms with Crippen LogP contribution in [0.2, 0.25) is 5.02 Å². The van der Waals surface area contributed by atoms with Gasteiger partial charge in [-0.1, -0.05) is 16.8 Å². The van der Waals surface area contributed by atoms with Gasteiger partial charge in [-0.05, 0) is 37.2 Å². The van der Waals surface area contributed by atoms with Gasteiger partial charge in [-0.2, -0.15) is 5.21 Å². The number of aromatic amines is 1. The third-order valence-electron chi connectivity index (χ3n) is 2.90. The largest absolute Gasteiger partial charge is 0.316 e. The molecule has 0 bridgehead atoms. The Balaban J connectivity index is 2.30. The molecule has 8 nitrogen and oxygen atoms in total. The van der Waals surface area contributed by atoms with Crippen LogP contribution in [-0.2, 0) is 23.1 Å². The number of hydrogen-bond donors (Lipinski definition) is 3. The molecule has 3 N–H and O–H groups in total. The van der Waals surface area contributed by atoms with Gasteiger partial charge in [0.15, 0.2) is 5.82 Å². The first-order chi connectivity index (χ1) is 9.94. The Morgan fingerprint density at radius 1 is 1.33 bits per heavy atom. The van der Waals surface area contributed by atoms with Crippen LogP contribution in [0, 0.1) is 6.92 Å². The smallest absolute Gasteiger partial charge is 0.241 e. The second-order valence-corrected chi connectivity index (χ2v) is 6.54. The number of nitrogens with zero attached hydrogens (tertiary/aromatic N) is 3. The van der Waals surface area contributed by atoms with E-state index in [4.69, 9.17) is 11.6 Å². The Morgan fingerprint density at radius 3 is 2.71 bits per heavy atom. The van der Waals surface area contributed by atoms with Crippen LogP contribution in [-0.4, -0.2) is 36.1 Å². The van der Waals surface area contributed by atoms with Crippen molar-refractivity contribution in [3.63, 3.8) is 0 Å². The van der Waals surface area contributed by atoms with Crippen LogP contribution in [0.4, 0.5) is 0 Å². The molecular weight excluding hydrogens is 316 g/mol. The molecule has 0 aliphatic carbocycles. The van der Waals surface area contributed by atoms with E-state index >= 15 is 0 Å². The van der Waals surface area contributed by atoms with Gasteiger partial charge in [0.25, 0.3) is 0 Å². The molecule has 1 aromatic heterocycles. The van der Waals surface area contributed by atoms with Crippen LogP contribution in [0.25, 0.3) is 0 Å². The fraction of sp³-hybridized carbons (Fsp3) is 0.364. The number of benzene rings is 1. The fourth-order valence-corrected chi connectivity index (χ4v) is 3.45. The third kappa shape index (κ3) is 3.76. The molecule has 1 aromatic carbocycles.